The maximum atomic E-state index is 9.08. The van der Waals surface area contributed by atoms with E-state index in [1.165, 1.54) is 5.56 Å². The van der Waals surface area contributed by atoms with Crippen LogP contribution in [0, 0.1) is 0 Å². The number of phenolic OH excluding ortho intramolecular Hbond substituents is 1. The summed E-state index contributed by atoms with van der Waals surface area (Å²) in [6, 6.07) is 7.88. The maximum absolute atomic E-state index is 9.08. The van der Waals surface area contributed by atoms with Gasteiger partial charge in [0.2, 0.25) is 0 Å². The quantitative estimate of drug-likeness (QED) is 0.740. The Labute approximate surface area is 79.6 Å². The number of aromatic hydroxyl groups is 1. The minimum absolute atomic E-state index is 0.333. The van der Waals surface area contributed by atoms with E-state index in [0.29, 0.717) is 11.8 Å². The molecule has 0 heterocycles. The molecule has 2 heteroatoms. The molecule has 1 rings (SSSR count). The fraction of sp³-hybridized carbons (Fsp3) is 0.455. The molecule has 0 radical (unpaired) electrons. The normalized spacial score (nSPS) is 12.8. The number of benzene rings is 1. The van der Waals surface area contributed by atoms with Crippen molar-refractivity contribution in [2.45, 2.75) is 26.3 Å². The third-order valence-corrected chi connectivity index (χ3v) is 2.03. The number of rotatable bonds is 4. The Morgan fingerprint density at radius 3 is 2.46 bits per heavy atom. The topological polar surface area (TPSA) is 32.3 Å². The minimum Gasteiger partial charge on any atom is -0.508 e. The zero-order valence-corrected chi connectivity index (χ0v) is 8.25. The molecule has 0 aliphatic rings. The van der Waals surface area contributed by atoms with Crippen molar-refractivity contribution in [3.05, 3.63) is 29.8 Å². The highest BCUT2D eigenvalue weighted by atomic mass is 16.3. The van der Waals surface area contributed by atoms with Crippen LogP contribution in [0.5, 0.6) is 5.75 Å². The van der Waals surface area contributed by atoms with Crippen molar-refractivity contribution >= 4 is 0 Å². The van der Waals surface area contributed by atoms with Crippen LogP contribution in [0.15, 0.2) is 24.3 Å². The number of hydrogen-bond acceptors (Lipinski definition) is 2. The van der Waals surface area contributed by atoms with Gasteiger partial charge in [-0.15, -0.1) is 0 Å². The van der Waals surface area contributed by atoms with Crippen molar-refractivity contribution in [1.82, 2.24) is 5.32 Å². The van der Waals surface area contributed by atoms with Gasteiger partial charge in [0.15, 0.2) is 0 Å². The fourth-order valence-corrected chi connectivity index (χ4v) is 1.41. The molecule has 0 saturated heterocycles. The first kappa shape index (κ1) is 10.1. The van der Waals surface area contributed by atoms with E-state index in [4.69, 9.17) is 5.11 Å². The van der Waals surface area contributed by atoms with Gasteiger partial charge < -0.3 is 10.4 Å². The summed E-state index contributed by atoms with van der Waals surface area (Å²) in [5.41, 5.74) is 1.26. The molecule has 0 bridgehead atoms. The van der Waals surface area contributed by atoms with Gasteiger partial charge in [-0.2, -0.15) is 0 Å². The molecule has 1 aromatic carbocycles. The molecule has 0 aromatic heterocycles. The first-order valence-electron chi connectivity index (χ1n) is 4.73. The van der Waals surface area contributed by atoms with E-state index in [-0.39, 0.29) is 0 Å². The predicted molar refractivity (Wildman–Crippen MR) is 54.9 cm³/mol. The summed E-state index contributed by atoms with van der Waals surface area (Å²) in [4.78, 5) is 0. The monoisotopic (exact) mass is 179 g/mol. The lowest BCUT2D eigenvalue weighted by atomic mass is 10.1. The smallest absolute Gasteiger partial charge is 0.115 e. The molecule has 13 heavy (non-hydrogen) atoms. The number of phenols is 1. The van der Waals surface area contributed by atoms with Gasteiger partial charge >= 0.3 is 0 Å². The van der Waals surface area contributed by atoms with Crippen molar-refractivity contribution in [2.24, 2.45) is 0 Å². The Kier molecular flexibility index (Phi) is 3.77. The van der Waals surface area contributed by atoms with Crippen LogP contribution < -0.4 is 5.32 Å². The van der Waals surface area contributed by atoms with Crippen molar-refractivity contribution in [3.63, 3.8) is 0 Å². The van der Waals surface area contributed by atoms with Crippen LogP contribution in [0.1, 0.15) is 19.4 Å². The highest BCUT2D eigenvalue weighted by Crippen LogP contribution is 2.10. The van der Waals surface area contributed by atoms with E-state index >= 15 is 0 Å². The SMILES string of the molecule is CCNC(C)Cc1ccc(O)cc1. The van der Waals surface area contributed by atoms with Gasteiger partial charge in [-0.25, -0.2) is 0 Å². The van der Waals surface area contributed by atoms with E-state index < -0.39 is 0 Å². The minimum atomic E-state index is 0.333. The van der Waals surface area contributed by atoms with Crippen LogP contribution in [0.4, 0.5) is 0 Å². The van der Waals surface area contributed by atoms with Crippen molar-refractivity contribution in [1.29, 1.82) is 0 Å². The lowest BCUT2D eigenvalue weighted by Crippen LogP contribution is -2.27. The van der Waals surface area contributed by atoms with Gasteiger partial charge in [0, 0.05) is 6.04 Å². The predicted octanol–water partition coefficient (Wildman–Crippen LogP) is 1.93. The lowest BCUT2D eigenvalue weighted by molar-refractivity contribution is 0.474. The number of likely N-dealkylation sites (N-methyl/N-ethyl adjacent to an activating group) is 1. The van der Waals surface area contributed by atoms with Crippen LogP contribution in [0.25, 0.3) is 0 Å². The number of hydrogen-bond donors (Lipinski definition) is 2. The zero-order chi connectivity index (χ0) is 9.68. The Morgan fingerprint density at radius 1 is 1.31 bits per heavy atom. The van der Waals surface area contributed by atoms with Gasteiger partial charge in [-0.05, 0) is 37.6 Å². The van der Waals surface area contributed by atoms with E-state index in [0.717, 1.165) is 13.0 Å². The average molecular weight is 179 g/mol. The summed E-state index contributed by atoms with van der Waals surface area (Å²) in [5, 5.41) is 12.4. The Hall–Kier alpha value is -1.02. The summed E-state index contributed by atoms with van der Waals surface area (Å²) < 4.78 is 0. The molecule has 0 aliphatic heterocycles. The lowest BCUT2D eigenvalue weighted by Gasteiger charge is -2.11. The van der Waals surface area contributed by atoms with E-state index in [1.54, 1.807) is 12.1 Å². The summed E-state index contributed by atoms with van der Waals surface area (Å²) in [6.07, 6.45) is 1.01. The molecule has 2 nitrogen and oxygen atoms in total. The molecular weight excluding hydrogens is 162 g/mol. The second-order valence-electron chi connectivity index (χ2n) is 3.33. The second kappa shape index (κ2) is 4.87. The molecule has 0 spiro atoms. The average Bonchev–Trinajstić information content (AvgIpc) is 2.09. The molecule has 0 fully saturated rings. The molecule has 1 unspecified atom stereocenters. The molecule has 0 saturated carbocycles. The molecule has 1 aromatic rings. The Bertz CT molecular complexity index is 243. The van der Waals surface area contributed by atoms with Crippen LogP contribution in [-0.2, 0) is 6.42 Å². The third kappa shape index (κ3) is 3.47. The van der Waals surface area contributed by atoms with Crippen molar-refractivity contribution in [3.8, 4) is 5.75 Å². The van der Waals surface area contributed by atoms with E-state index in [9.17, 15) is 0 Å². The summed E-state index contributed by atoms with van der Waals surface area (Å²) in [5.74, 6) is 0.333. The molecule has 1 atom stereocenters. The Morgan fingerprint density at radius 2 is 1.92 bits per heavy atom. The van der Waals surface area contributed by atoms with E-state index in [2.05, 4.69) is 19.2 Å². The van der Waals surface area contributed by atoms with Crippen LogP contribution >= 0.6 is 0 Å². The van der Waals surface area contributed by atoms with Crippen molar-refractivity contribution < 1.29 is 5.11 Å². The molecule has 0 aliphatic carbocycles. The van der Waals surface area contributed by atoms with Crippen molar-refractivity contribution in [2.75, 3.05) is 6.54 Å². The summed E-state index contributed by atoms with van der Waals surface area (Å²) in [7, 11) is 0. The molecule has 2 N–H and O–H groups in total. The van der Waals surface area contributed by atoms with E-state index in [1.807, 2.05) is 12.1 Å². The molecular formula is C11H17NO. The third-order valence-electron chi connectivity index (χ3n) is 2.03. The molecule has 72 valence electrons. The fourth-order valence-electron chi connectivity index (χ4n) is 1.41. The second-order valence-corrected chi connectivity index (χ2v) is 3.33. The van der Waals surface area contributed by atoms with Gasteiger partial charge in [-0.1, -0.05) is 19.1 Å². The van der Waals surface area contributed by atoms with Gasteiger partial charge in [-0.3, -0.25) is 0 Å². The standard InChI is InChI=1S/C11H17NO/c1-3-12-9(2)8-10-4-6-11(13)7-5-10/h4-7,9,12-13H,3,8H2,1-2H3. The summed E-state index contributed by atoms with van der Waals surface area (Å²) >= 11 is 0. The zero-order valence-electron chi connectivity index (χ0n) is 8.25. The highest BCUT2D eigenvalue weighted by Gasteiger charge is 2.00. The summed E-state index contributed by atoms with van der Waals surface area (Å²) in [6.45, 7) is 5.27. The number of nitrogens with one attached hydrogen (secondary N) is 1. The first-order valence-corrected chi connectivity index (χ1v) is 4.73. The highest BCUT2D eigenvalue weighted by molar-refractivity contribution is 5.26. The first-order chi connectivity index (χ1) is 6.22. The largest absolute Gasteiger partial charge is 0.508 e. The van der Waals surface area contributed by atoms with Crippen LogP contribution in [0.3, 0.4) is 0 Å². The maximum Gasteiger partial charge on any atom is 0.115 e. The van der Waals surface area contributed by atoms with Gasteiger partial charge in [0.05, 0.1) is 0 Å². The van der Waals surface area contributed by atoms with Crippen LogP contribution in [-0.4, -0.2) is 17.7 Å². The Balaban J connectivity index is 2.49. The molecule has 0 amide bonds. The van der Waals surface area contributed by atoms with Crippen LogP contribution in [0.2, 0.25) is 0 Å². The van der Waals surface area contributed by atoms with Gasteiger partial charge in [0.1, 0.15) is 5.75 Å². The van der Waals surface area contributed by atoms with Gasteiger partial charge in [0.25, 0.3) is 0 Å².